The number of carbonyl (C=O) groups is 1. The molecule has 1 aliphatic rings. The van der Waals surface area contributed by atoms with Gasteiger partial charge >= 0.3 is 6.18 Å². The predicted octanol–water partition coefficient (Wildman–Crippen LogP) is 0.495. The summed E-state index contributed by atoms with van der Waals surface area (Å²) in [5.74, 6) is -0.344. The Hall–Kier alpha value is -1.57. The van der Waals surface area contributed by atoms with Gasteiger partial charge in [-0.1, -0.05) is 0 Å². The minimum Gasteiger partial charge on any atom is -0.391 e. The third-order valence-electron chi connectivity index (χ3n) is 2.74. The first kappa shape index (κ1) is 12.9. The maximum absolute atomic E-state index is 12.3. The number of hydrogen-bond acceptors (Lipinski definition) is 3. The molecule has 1 aromatic heterocycles. The van der Waals surface area contributed by atoms with Gasteiger partial charge in [0.05, 0.1) is 6.10 Å². The molecule has 0 aliphatic carbocycles. The molecular weight excluding hydrogens is 251 g/mol. The third-order valence-corrected chi connectivity index (χ3v) is 2.74. The average Bonchev–Trinajstić information content (AvgIpc) is 2.85. The van der Waals surface area contributed by atoms with Gasteiger partial charge in [-0.25, -0.2) is 0 Å². The van der Waals surface area contributed by atoms with Crippen LogP contribution in [0, 0.1) is 0 Å². The van der Waals surface area contributed by atoms with E-state index < -0.39 is 18.0 Å². The Labute approximate surface area is 101 Å². The van der Waals surface area contributed by atoms with Crippen molar-refractivity contribution in [3.63, 3.8) is 0 Å². The largest absolute Gasteiger partial charge is 0.435 e. The molecule has 0 bridgehead atoms. The second-order valence-electron chi connectivity index (χ2n) is 4.18. The molecule has 100 valence electrons. The van der Waals surface area contributed by atoms with Crippen molar-refractivity contribution in [1.82, 2.24) is 14.7 Å². The summed E-state index contributed by atoms with van der Waals surface area (Å²) in [5, 5.41) is 12.6. The summed E-state index contributed by atoms with van der Waals surface area (Å²) in [6, 6.07) is 0.826. The van der Waals surface area contributed by atoms with Gasteiger partial charge < -0.3 is 10.0 Å². The number of aliphatic hydroxyl groups excluding tert-OH is 1. The summed E-state index contributed by atoms with van der Waals surface area (Å²) in [6.45, 7) is 0.405. The van der Waals surface area contributed by atoms with Gasteiger partial charge in [-0.2, -0.15) is 18.3 Å². The molecule has 18 heavy (non-hydrogen) atoms. The van der Waals surface area contributed by atoms with Gasteiger partial charge in [0, 0.05) is 19.3 Å². The second-order valence-corrected chi connectivity index (χ2v) is 4.18. The fourth-order valence-corrected chi connectivity index (χ4v) is 1.81. The molecule has 1 aliphatic heterocycles. The third kappa shape index (κ3) is 2.81. The van der Waals surface area contributed by atoms with Crippen LogP contribution in [0.3, 0.4) is 0 Å². The normalized spacial score (nSPS) is 20.4. The van der Waals surface area contributed by atoms with E-state index in [4.69, 9.17) is 0 Å². The minimum absolute atomic E-state index is 0.228. The summed E-state index contributed by atoms with van der Waals surface area (Å²) in [7, 11) is 0. The van der Waals surface area contributed by atoms with Crippen molar-refractivity contribution in [2.75, 3.05) is 13.1 Å². The lowest BCUT2D eigenvalue weighted by molar-refractivity contribution is -0.142. The van der Waals surface area contributed by atoms with E-state index in [1.165, 1.54) is 4.90 Å². The highest BCUT2D eigenvalue weighted by Gasteiger charge is 2.34. The van der Waals surface area contributed by atoms with E-state index >= 15 is 0 Å². The van der Waals surface area contributed by atoms with E-state index in [9.17, 15) is 23.1 Å². The smallest absolute Gasteiger partial charge is 0.391 e. The van der Waals surface area contributed by atoms with Crippen LogP contribution in [0.5, 0.6) is 0 Å². The van der Waals surface area contributed by atoms with Crippen LogP contribution in [-0.4, -0.2) is 44.9 Å². The molecule has 5 nitrogen and oxygen atoms in total. The fraction of sp³-hybridized carbons (Fsp3) is 0.600. The summed E-state index contributed by atoms with van der Waals surface area (Å²) in [6.07, 6.45) is -3.43. The molecular formula is C10H12F3N3O2. The Balaban J connectivity index is 1.97. The summed E-state index contributed by atoms with van der Waals surface area (Å²) < 4.78 is 37.8. The molecule has 1 aromatic rings. The Bertz CT molecular complexity index is 444. The lowest BCUT2D eigenvalue weighted by Crippen LogP contribution is -2.32. The zero-order valence-corrected chi connectivity index (χ0v) is 9.39. The van der Waals surface area contributed by atoms with Crippen LogP contribution in [0.1, 0.15) is 12.1 Å². The number of rotatable bonds is 2. The van der Waals surface area contributed by atoms with E-state index in [1.807, 2.05) is 0 Å². The quantitative estimate of drug-likeness (QED) is 0.845. The number of aromatic nitrogens is 2. The molecule has 1 N–H and O–H groups in total. The van der Waals surface area contributed by atoms with Gasteiger partial charge in [-0.05, 0) is 12.5 Å². The molecule has 1 fully saturated rings. The van der Waals surface area contributed by atoms with E-state index in [0.29, 0.717) is 13.0 Å². The van der Waals surface area contributed by atoms with Gasteiger partial charge in [-0.3, -0.25) is 9.48 Å². The molecule has 2 heterocycles. The first-order chi connectivity index (χ1) is 8.36. The van der Waals surface area contributed by atoms with Gasteiger partial charge in [-0.15, -0.1) is 0 Å². The van der Waals surface area contributed by atoms with Crippen LogP contribution in [-0.2, 0) is 17.5 Å². The van der Waals surface area contributed by atoms with Crippen molar-refractivity contribution < 1.29 is 23.1 Å². The Morgan fingerprint density at radius 1 is 1.56 bits per heavy atom. The fourth-order valence-electron chi connectivity index (χ4n) is 1.81. The van der Waals surface area contributed by atoms with Crippen molar-refractivity contribution >= 4 is 5.91 Å². The number of nitrogens with zero attached hydrogens (tertiary/aromatic N) is 3. The van der Waals surface area contributed by atoms with Crippen molar-refractivity contribution in [2.24, 2.45) is 0 Å². The average molecular weight is 263 g/mol. The van der Waals surface area contributed by atoms with Crippen LogP contribution in [0.15, 0.2) is 12.3 Å². The highest BCUT2D eigenvalue weighted by atomic mass is 19.4. The van der Waals surface area contributed by atoms with Crippen molar-refractivity contribution in [1.29, 1.82) is 0 Å². The second kappa shape index (κ2) is 4.60. The predicted molar refractivity (Wildman–Crippen MR) is 54.4 cm³/mol. The topological polar surface area (TPSA) is 58.4 Å². The number of β-amino-alcohol motifs (C(OH)–C–C–N with tert-alkyl or cyclic N) is 1. The molecule has 8 heteroatoms. The number of aliphatic hydroxyl groups is 1. The van der Waals surface area contributed by atoms with Crippen LogP contribution >= 0.6 is 0 Å². The Morgan fingerprint density at radius 2 is 2.28 bits per heavy atom. The maximum Gasteiger partial charge on any atom is 0.435 e. The zero-order chi connectivity index (χ0) is 13.3. The molecule has 2 rings (SSSR count). The molecule has 0 spiro atoms. The van der Waals surface area contributed by atoms with Crippen molar-refractivity contribution in [2.45, 2.75) is 25.2 Å². The number of halogens is 3. The number of hydrogen-bond donors (Lipinski definition) is 1. The van der Waals surface area contributed by atoms with E-state index in [0.717, 1.165) is 16.9 Å². The van der Waals surface area contributed by atoms with E-state index in [2.05, 4.69) is 5.10 Å². The lowest BCUT2D eigenvalue weighted by atomic mass is 10.3. The molecule has 0 aromatic carbocycles. The lowest BCUT2D eigenvalue weighted by Gasteiger charge is -2.15. The van der Waals surface area contributed by atoms with Gasteiger partial charge in [0.25, 0.3) is 0 Å². The van der Waals surface area contributed by atoms with Gasteiger partial charge in [0.15, 0.2) is 5.69 Å². The molecule has 0 radical (unpaired) electrons. The Kier molecular flexibility index (Phi) is 3.29. The van der Waals surface area contributed by atoms with E-state index in [1.54, 1.807) is 0 Å². The van der Waals surface area contributed by atoms with Crippen LogP contribution in [0.4, 0.5) is 13.2 Å². The molecule has 1 amide bonds. The van der Waals surface area contributed by atoms with Gasteiger partial charge in [0.2, 0.25) is 5.91 Å². The standard InChI is InChI=1S/C10H12F3N3O2/c11-10(12,13)8-2-4-16(14-8)6-9(18)15-3-1-7(17)5-15/h2,4,7,17H,1,3,5-6H2. The minimum atomic E-state index is -4.50. The SMILES string of the molecule is O=C(Cn1ccc(C(F)(F)F)n1)N1CCC(O)C1. The number of carbonyl (C=O) groups excluding carboxylic acids is 1. The van der Waals surface area contributed by atoms with E-state index in [-0.39, 0.29) is 19.0 Å². The summed E-state index contributed by atoms with van der Waals surface area (Å²) in [5.41, 5.74) is -1.02. The number of likely N-dealkylation sites (tertiary alicyclic amines) is 1. The number of alkyl halides is 3. The van der Waals surface area contributed by atoms with Gasteiger partial charge in [0.1, 0.15) is 6.54 Å². The highest BCUT2D eigenvalue weighted by molar-refractivity contribution is 5.76. The molecule has 0 saturated carbocycles. The molecule has 1 saturated heterocycles. The van der Waals surface area contributed by atoms with Crippen LogP contribution in [0.25, 0.3) is 0 Å². The van der Waals surface area contributed by atoms with Crippen LogP contribution < -0.4 is 0 Å². The summed E-state index contributed by atoms with van der Waals surface area (Å²) >= 11 is 0. The van der Waals surface area contributed by atoms with Crippen LogP contribution in [0.2, 0.25) is 0 Å². The van der Waals surface area contributed by atoms with Crippen molar-refractivity contribution in [3.8, 4) is 0 Å². The zero-order valence-electron chi connectivity index (χ0n) is 9.39. The first-order valence-electron chi connectivity index (χ1n) is 5.43. The van der Waals surface area contributed by atoms with Crippen molar-refractivity contribution in [3.05, 3.63) is 18.0 Å². The molecule has 1 unspecified atom stereocenters. The number of amides is 1. The summed E-state index contributed by atoms with van der Waals surface area (Å²) in [4.78, 5) is 13.1. The Morgan fingerprint density at radius 3 is 2.78 bits per heavy atom. The monoisotopic (exact) mass is 263 g/mol. The maximum atomic E-state index is 12.3. The first-order valence-corrected chi connectivity index (χ1v) is 5.43. The molecule has 1 atom stereocenters. The highest BCUT2D eigenvalue weighted by Crippen LogP contribution is 2.27.